The highest BCUT2D eigenvalue weighted by Gasteiger charge is 2.15. The number of nitriles is 1. The van der Waals surface area contributed by atoms with Gasteiger partial charge in [-0.1, -0.05) is 66.0 Å². The molecule has 180 valence electrons. The standard InChI is InChI=1S/C27H24Cl2N2O3S/c1-4-35(33,34)23-9-5-18(6-10-23)12-26(32)31-22-14-24(28)27(25(29)15-22)20-8-7-19(11-17(2)3)21(13-20)16-30/h5-11,13-15H,4,12H2,1-3H3,(H,31,32). The lowest BCUT2D eigenvalue weighted by Crippen LogP contribution is -2.14. The van der Waals surface area contributed by atoms with Crippen LogP contribution >= 0.6 is 23.2 Å². The number of sulfone groups is 1. The van der Waals surface area contributed by atoms with E-state index in [2.05, 4.69) is 11.4 Å². The molecule has 0 radical (unpaired) electrons. The van der Waals surface area contributed by atoms with E-state index < -0.39 is 9.84 Å². The van der Waals surface area contributed by atoms with Gasteiger partial charge in [0.05, 0.1) is 38.7 Å². The monoisotopic (exact) mass is 526 g/mol. The van der Waals surface area contributed by atoms with Gasteiger partial charge >= 0.3 is 0 Å². The zero-order chi connectivity index (χ0) is 25.8. The summed E-state index contributed by atoms with van der Waals surface area (Å²) in [5.74, 6) is -0.282. The molecule has 0 unspecified atom stereocenters. The van der Waals surface area contributed by atoms with Gasteiger partial charge in [-0.2, -0.15) is 5.26 Å². The Labute approximate surface area is 215 Å². The first-order chi connectivity index (χ1) is 16.5. The van der Waals surface area contributed by atoms with E-state index in [0.29, 0.717) is 38.0 Å². The van der Waals surface area contributed by atoms with E-state index in [4.69, 9.17) is 23.2 Å². The molecular weight excluding hydrogens is 503 g/mol. The number of amides is 1. The summed E-state index contributed by atoms with van der Waals surface area (Å²) >= 11 is 13.0. The maximum absolute atomic E-state index is 12.5. The number of allylic oxidation sites excluding steroid dienone is 1. The van der Waals surface area contributed by atoms with E-state index in [9.17, 15) is 18.5 Å². The van der Waals surface area contributed by atoms with Crippen molar-refractivity contribution in [3.05, 3.63) is 86.9 Å². The van der Waals surface area contributed by atoms with Gasteiger partial charge in [0.2, 0.25) is 5.91 Å². The Kier molecular flexibility index (Phi) is 8.39. The predicted octanol–water partition coefficient (Wildman–Crippen LogP) is 6.93. The quantitative estimate of drug-likeness (QED) is 0.361. The third-order valence-electron chi connectivity index (χ3n) is 5.26. The Morgan fingerprint density at radius 3 is 2.20 bits per heavy atom. The van der Waals surface area contributed by atoms with Crippen LogP contribution in [-0.2, 0) is 21.1 Å². The van der Waals surface area contributed by atoms with Gasteiger partial charge in [0.25, 0.3) is 0 Å². The van der Waals surface area contributed by atoms with E-state index in [1.54, 1.807) is 37.3 Å². The van der Waals surface area contributed by atoms with Crippen LogP contribution in [0.2, 0.25) is 10.0 Å². The smallest absolute Gasteiger partial charge is 0.228 e. The lowest BCUT2D eigenvalue weighted by Gasteiger charge is -2.13. The third-order valence-corrected chi connectivity index (χ3v) is 7.61. The number of halogens is 2. The van der Waals surface area contributed by atoms with Crippen LogP contribution in [0, 0.1) is 11.3 Å². The molecule has 0 saturated carbocycles. The van der Waals surface area contributed by atoms with Crippen molar-refractivity contribution in [2.24, 2.45) is 0 Å². The molecule has 0 bridgehead atoms. The number of hydrogen-bond donors (Lipinski definition) is 1. The molecule has 0 spiro atoms. The number of anilines is 1. The molecule has 3 aromatic carbocycles. The average Bonchev–Trinajstić information content (AvgIpc) is 2.79. The number of nitrogens with one attached hydrogen (secondary N) is 1. The summed E-state index contributed by atoms with van der Waals surface area (Å²) in [6, 6.07) is 17.1. The summed E-state index contributed by atoms with van der Waals surface area (Å²) in [5, 5.41) is 13.0. The highest BCUT2D eigenvalue weighted by Crippen LogP contribution is 2.38. The topological polar surface area (TPSA) is 87.0 Å². The number of rotatable bonds is 7. The minimum atomic E-state index is -3.29. The summed E-state index contributed by atoms with van der Waals surface area (Å²) in [7, 11) is -3.29. The lowest BCUT2D eigenvalue weighted by atomic mass is 9.98. The number of carbonyl (C=O) groups is 1. The minimum Gasteiger partial charge on any atom is -0.326 e. The molecule has 0 aliphatic rings. The second kappa shape index (κ2) is 11.1. The lowest BCUT2D eigenvalue weighted by molar-refractivity contribution is -0.115. The predicted molar refractivity (Wildman–Crippen MR) is 142 cm³/mol. The van der Waals surface area contributed by atoms with Gasteiger partial charge in [0.15, 0.2) is 9.84 Å². The second-order valence-electron chi connectivity index (χ2n) is 8.22. The van der Waals surface area contributed by atoms with Crippen molar-refractivity contribution in [3.63, 3.8) is 0 Å². The summed E-state index contributed by atoms with van der Waals surface area (Å²) in [6.07, 6.45) is 1.99. The van der Waals surface area contributed by atoms with E-state index in [-0.39, 0.29) is 23.0 Å². The Bertz CT molecular complexity index is 1430. The molecule has 1 N–H and O–H groups in total. The van der Waals surface area contributed by atoms with Crippen LogP contribution in [0.3, 0.4) is 0 Å². The second-order valence-corrected chi connectivity index (χ2v) is 11.3. The van der Waals surface area contributed by atoms with Crippen molar-refractivity contribution in [2.75, 3.05) is 11.1 Å². The normalized spacial score (nSPS) is 11.0. The fraction of sp³-hybridized carbons (Fsp3) is 0.185. The molecule has 0 heterocycles. The molecule has 0 aliphatic carbocycles. The average molecular weight is 527 g/mol. The van der Waals surface area contributed by atoms with Gasteiger partial charge in [-0.25, -0.2) is 8.42 Å². The van der Waals surface area contributed by atoms with E-state index >= 15 is 0 Å². The molecule has 3 aromatic rings. The van der Waals surface area contributed by atoms with Crippen molar-refractivity contribution in [1.29, 1.82) is 5.26 Å². The largest absolute Gasteiger partial charge is 0.326 e. The summed E-state index contributed by atoms with van der Waals surface area (Å²) in [4.78, 5) is 12.8. The number of hydrogen-bond acceptors (Lipinski definition) is 4. The molecule has 35 heavy (non-hydrogen) atoms. The third kappa shape index (κ3) is 6.52. The molecule has 0 atom stereocenters. The zero-order valence-electron chi connectivity index (χ0n) is 19.5. The SMILES string of the molecule is CCS(=O)(=O)c1ccc(CC(=O)Nc2cc(Cl)c(-c3ccc(C=C(C)C)c(C#N)c3)c(Cl)c2)cc1. The fourth-order valence-electron chi connectivity index (χ4n) is 3.54. The number of carbonyl (C=O) groups excluding carboxylic acids is 1. The minimum absolute atomic E-state index is 0.0156. The van der Waals surface area contributed by atoms with Crippen LogP contribution in [0.1, 0.15) is 37.5 Å². The van der Waals surface area contributed by atoms with E-state index in [1.807, 2.05) is 32.1 Å². The zero-order valence-corrected chi connectivity index (χ0v) is 21.9. The van der Waals surface area contributed by atoms with Crippen LogP contribution in [0.4, 0.5) is 5.69 Å². The molecule has 0 aliphatic heterocycles. The Balaban J connectivity index is 1.80. The van der Waals surface area contributed by atoms with Gasteiger partial charge < -0.3 is 5.32 Å². The fourth-order valence-corrected chi connectivity index (χ4v) is 5.13. The molecule has 0 fully saturated rings. The van der Waals surface area contributed by atoms with Gasteiger partial charge in [-0.3, -0.25) is 4.79 Å². The van der Waals surface area contributed by atoms with Crippen molar-refractivity contribution in [3.8, 4) is 17.2 Å². The molecule has 8 heteroatoms. The van der Waals surface area contributed by atoms with Crippen LogP contribution in [0.25, 0.3) is 17.2 Å². The van der Waals surface area contributed by atoms with Crippen LogP contribution in [-0.4, -0.2) is 20.1 Å². The summed E-state index contributed by atoms with van der Waals surface area (Å²) < 4.78 is 23.9. The molecule has 3 rings (SSSR count). The van der Waals surface area contributed by atoms with Crippen LogP contribution in [0.15, 0.2) is 65.1 Å². The number of nitrogens with zero attached hydrogens (tertiary/aromatic N) is 1. The molecule has 5 nitrogen and oxygen atoms in total. The Morgan fingerprint density at radius 1 is 1.03 bits per heavy atom. The maximum Gasteiger partial charge on any atom is 0.228 e. The number of benzene rings is 3. The van der Waals surface area contributed by atoms with Crippen molar-refractivity contribution in [1.82, 2.24) is 0 Å². The Morgan fingerprint density at radius 2 is 1.66 bits per heavy atom. The Hall–Kier alpha value is -3.11. The molecular formula is C27H24Cl2N2O3S. The molecule has 1 amide bonds. The first-order valence-electron chi connectivity index (χ1n) is 10.8. The highest BCUT2D eigenvalue weighted by molar-refractivity contribution is 7.91. The van der Waals surface area contributed by atoms with E-state index in [1.165, 1.54) is 12.1 Å². The van der Waals surface area contributed by atoms with E-state index in [0.717, 1.165) is 11.1 Å². The highest BCUT2D eigenvalue weighted by atomic mass is 35.5. The van der Waals surface area contributed by atoms with Gasteiger partial charge in [0, 0.05) is 11.3 Å². The summed E-state index contributed by atoms with van der Waals surface area (Å²) in [5.41, 5.74) is 4.76. The van der Waals surface area contributed by atoms with Crippen molar-refractivity contribution in [2.45, 2.75) is 32.1 Å². The first-order valence-corrected chi connectivity index (χ1v) is 13.2. The van der Waals surface area contributed by atoms with Crippen LogP contribution < -0.4 is 5.32 Å². The van der Waals surface area contributed by atoms with Gasteiger partial charge in [0.1, 0.15) is 0 Å². The van der Waals surface area contributed by atoms with Crippen molar-refractivity contribution < 1.29 is 13.2 Å². The van der Waals surface area contributed by atoms with Crippen molar-refractivity contribution >= 4 is 50.7 Å². The molecule has 0 saturated heterocycles. The van der Waals surface area contributed by atoms with Gasteiger partial charge in [-0.05, 0) is 60.9 Å². The summed E-state index contributed by atoms with van der Waals surface area (Å²) in [6.45, 7) is 5.50. The van der Waals surface area contributed by atoms with Gasteiger partial charge in [-0.15, -0.1) is 0 Å². The first kappa shape index (κ1) is 26.5. The maximum atomic E-state index is 12.5. The van der Waals surface area contributed by atoms with Crippen LogP contribution in [0.5, 0.6) is 0 Å². The molecule has 0 aromatic heterocycles.